The van der Waals surface area contributed by atoms with E-state index in [0.717, 1.165) is 0 Å². The summed E-state index contributed by atoms with van der Waals surface area (Å²) in [6, 6.07) is 13.3. The highest BCUT2D eigenvalue weighted by Gasteiger charge is 2.43. The summed E-state index contributed by atoms with van der Waals surface area (Å²) >= 11 is 5.59. The van der Waals surface area contributed by atoms with Crippen molar-refractivity contribution in [3.8, 4) is 11.5 Å². The highest BCUT2D eigenvalue weighted by molar-refractivity contribution is 6.19. The number of carbonyl (C=O) groups excluding carboxylic acids is 4. The molecular weight excluding hydrogens is 763 g/mol. The summed E-state index contributed by atoms with van der Waals surface area (Å²) in [4.78, 5) is 61.6. The number of rotatable bonds is 8. The van der Waals surface area contributed by atoms with E-state index in [2.05, 4.69) is 15.3 Å². The van der Waals surface area contributed by atoms with Gasteiger partial charge in [0.2, 0.25) is 0 Å². The minimum atomic E-state index is -5.07. The van der Waals surface area contributed by atoms with Crippen LogP contribution >= 0.6 is 11.6 Å². The number of aromatic nitrogens is 2. The van der Waals surface area contributed by atoms with Gasteiger partial charge in [-0.1, -0.05) is 23.7 Å². The number of para-hydroxylation sites is 1. The number of halogens is 4. The van der Waals surface area contributed by atoms with Crippen LogP contribution in [0.15, 0.2) is 59.0 Å². The molecule has 1 saturated heterocycles. The fourth-order valence-electron chi connectivity index (χ4n) is 7.46. The molecule has 18 heteroatoms. The molecule has 8 rings (SSSR count). The lowest BCUT2D eigenvalue weighted by atomic mass is 10.0. The van der Waals surface area contributed by atoms with E-state index in [-0.39, 0.29) is 65.5 Å². The van der Waals surface area contributed by atoms with E-state index in [1.807, 2.05) is 0 Å². The van der Waals surface area contributed by atoms with Gasteiger partial charge in [0, 0.05) is 46.5 Å². The maximum atomic E-state index is 14.4. The smallest absolute Gasteiger partial charge is 0.432 e. The van der Waals surface area contributed by atoms with Gasteiger partial charge in [0.1, 0.15) is 11.4 Å². The predicted molar refractivity (Wildman–Crippen MR) is 197 cm³/mol. The molecule has 5 heterocycles. The van der Waals surface area contributed by atoms with E-state index >= 15 is 0 Å². The molecule has 0 aliphatic carbocycles. The molecule has 56 heavy (non-hydrogen) atoms. The molecule has 6 aromatic rings. The quantitative estimate of drug-likeness (QED) is 0.0917. The van der Waals surface area contributed by atoms with Gasteiger partial charge in [0.15, 0.2) is 28.9 Å². The van der Waals surface area contributed by atoms with E-state index in [0.29, 0.717) is 46.2 Å². The summed E-state index contributed by atoms with van der Waals surface area (Å²) in [7, 11) is 1.49. The van der Waals surface area contributed by atoms with Gasteiger partial charge in [0.25, 0.3) is 11.8 Å². The highest BCUT2D eigenvalue weighted by atomic mass is 35.5. The van der Waals surface area contributed by atoms with Gasteiger partial charge in [-0.05, 0) is 61.2 Å². The molecule has 14 nitrogen and oxygen atoms in total. The lowest BCUT2D eigenvalue weighted by Gasteiger charge is -2.23. The summed E-state index contributed by atoms with van der Waals surface area (Å²) in [5.74, 6) is -2.31. The molecule has 0 radical (unpaired) electrons. The lowest BCUT2D eigenvalue weighted by molar-refractivity contribution is -0.141. The second-order valence-corrected chi connectivity index (χ2v) is 13.4. The normalized spacial score (nSPS) is 15.5. The number of methoxy groups -OCH3 is 1. The van der Waals surface area contributed by atoms with Crippen LogP contribution in [-0.4, -0.2) is 82.8 Å². The predicted octanol–water partition coefficient (Wildman–Crippen LogP) is 7.19. The number of hydrogen-bond donors (Lipinski definition) is 4. The number of nitrogens with zero attached hydrogens (tertiary/aromatic N) is 2. The number of alkyl halides is 4. The number of aliphatic hydroxyl groups is 1. The third-order valence-electron chi connectivity index (χ3n) is 10.0. The molecule has 3 aromatic carbocycles. The summed E-state index contributed by atoms with van der Waals surface area (Å²) in [5.41, 5.74) is -0.828. The number of hydrogen-bond acceptors (Lipinski definition) is 9. The first-order valence-corrected chi connectivity index (χ1v) is 17.9. The zero-order chi connectivity index (χ0) is 39.5. The van der Waals surface area contributed by atoms with E-state index in [1.165, 1.54) is 23.0 Å². The van der Waals surface area contributed by atoms with E-state index in [9.17, 15) is 37.5 Å². The van der Waals surface area contributed by atoms with Crippen molar-refractivity contribution in [3.05, 3.63) is 82.9 Å². The number of benzene rings is 3. The number of furan rings is 1. The van der Waals surface area contributed by atoms with Crippen LogP contribution in [0.25, 0.3) is 32.8 Å². The van der Waals surface area contributed by atoms with Crippen molar-refractivity contribution in [2.24, 2.45) is 0 Å². The summed E-state index contributed by atoms with van der Waals surface area (Å²) < 4.78 is 64.9. The largest absolute Gasteiger partial charge is 0.493 e. The number of aromatic amines is 2. The average molecular weight is 794 g/mol. The Morgan fingerprint density at radius 3 is 2.61 bits per heavy atom. The van der Waals surface area contributed by atoms with Crippen LogP contribution in [0.4, 0.5) is 29.3 Å². The topological polar surface area (TPSA) is 179 Å². The minimum Gasteiger partial charge on any atom is -0.493 e. The molecule has 2 aliphatic heterocycles. The molecule has 1 atom stereocenters. The third kappa shape index (κ3) is 6.31. The van der Waals surface area contributed by atoms with Gasteiger partial charge in [0.05, 0.1) is 36.5 Å². The van der Waals surface area contributed by atoms with Crippen LogP contribution in [0.3, 0.4) is 0 Å². The maximum Gasteiger partial charge on any atom is 0.432 e. The number of anilines is 2. The molecular formula is C38H31ClF3N5O9. The Balaban J connectivity index is 1.14. The molecule has 0 bridgehead atoms. The molecule has 3 amide bonds. The number of ether oxygens (including phenoxy) is 3. The molecule has 2 aliphatic rings. The van der Waals surface area contributed by atoms with E-state index in [1.54, 1.807) is 48.5 Å². The van der Waals surface area contributed by atoms with Crippen LogP contribution in [0.5, 0.6) is 11.5 Å². The fraction of sp³-hybridized carbons (Fsp3) is 0.263. The van der Waals surface area contributed by atoms with Crippen molar-refractivity contribution in [1.29, 1.82) is 0 Å². The lowest BCUT2D eigenvalue weighted by Crippen LogP contribution is -2.39. The zero-order valence-electron chi connectivity index (χ0n) is 29.3. The monoisotopic (exact) mass is 793 g/mol. The first-order valence-electron chi connectivity index (χ1n) is 17.3. The molecule has 0 spiro atoms. The second-order valence-electron chi connectivity index (χ2n) is 13.2. The second kappa shape index (κ2) is 14.1. The number of esters is 1. The molecule has 0 unspecified atom stereocenters. The SMILES string of the molecule is COc1cccc2cc(C(=O)Nc3ccc4[nH]c(C(=O)N5CCc6c5cc(OC(=O)N5CCC[C@H]5CO)c5[nH]c(C(F)(F)F)c(C(=O)OCCl)c65)cc4c3)oc12. The van der Waals surface area contributed by atoms with Gasteiger partial charge < -0.3 is 48.8 Å². The average Bonchev–Trinajstić information content (AvgIpc) is 4.01. The molecule has 3 aromatic heterocycles. The number of H-pyrrole nitrogens is 2. The molecule has 290 valence electrons. The Bertz CT molecular complexity index is 2580. The fourth-order valence-corrected chi connectivity index (χ4v) is 7.56. The summed E-state index contributed by atoms with van der Waals surface area (Å²) in [6.07, 6.45) is -4.89. The minimum absolute atomic E-state index is 0.00510. The maximum absolute atomic E-state index is 14.4. The van der Waals surface area contributed by atoms with Gasteiger partial charge in [-0.3, -0.25) is 9.59 Å². The Morgan fingerprint density at radius 2 is 1.86 bits per heavy atom. The summed E-state index contributed by atoms with van der Waals surface area (Å²) in [5, 5.41) is 13.6. The highest BCUT2D eigenvalue weighted by Crippen LogP contribution is 2.46. The van der Waals surface area contributed by atoms with E-state index < -0.39 is 53.4 Å². The first-order chi connectivity index (χ1) is 26.9. The van der Waals surface area contributed by atoms with Crippen molar-refractivity contribution in [2.75, 3.05) is 43.1 Å². The Labute approximate surface area is 319 Å². The van der Waals surface area contributed by atoms with Crippen LogP contribution < -0.4 is 19.7 Å². The van der Waals surface area contributed by atoms with Gasteiger partial charge in [-0.25, -0.2) is 9.59 Å². The van der Waals surface area contributed by atoms with Crippen molar-refractivity contribution in [2.45, 2.75) is 31.5 Å². The third-order valence-corrected chi connectivity index (χ3v) is 10.1. The Morgan fingerprint density at radius 1 is 1.04 bits per heavy atom. The molecule has 4 N–H and O–H groups in total. The van der Waals surface area contributed by atoms with Gasteiger partial charge >= 0.3 is 18.2 Å². The first kappa shape index (κ1) is 36.8. The number of nitrogens with one attached hydrogen (secondary N) is 3. The van der Waals surface area contributed by atoms with Crippen LogP contribution in [0.1, 0.15) is 55.5 Å². The van der Waals surface area contributed by atoms with E-state index in [4.69, 9.17) is 30.2 Å². The van der Waals surface area contributed by atoms with Crippen LogP contribution in [0.2, 0.25) is 0 Å². The zero-order valence-corrected chi connectivity index (χ0v) is 30.1. The van der Waals surface area contributed by atoms with Gasteiger partial charge in [-0.15, -0.1) is 0 Å². The van der Waals surface area contributed by atoms with Crippen molar-refractivity contribution < 1.29 is 56.1 Å². The molecule has 1 fully saturated rings. The van der Waals surface area contributed by atoms with Crippen molar-refractivity contribution in [3.63, 3.8) is 0 Å². The number of likely N-dealkylation sites (tertiary alicyclic amines) is 1. The van der Waals surface area contributed by atoms with Crippen LogP contribution in [0, 0.1) is 0 Å². The number of carbonyl (C=O) groups is 4. The van der Waals surface area contributed by atoms with Crippen molar-refractivity contribution >= 4 is 79.6 Å². The Hall–Kier alpha value is -6.20. The van der Waals surface area contributed by atoms with Crippen molar-refractivity contribution in [1.82, 2.24) is 14.9 Å². The molecule has 0 saturated carbocycles. The summed E-state index contributed by atoms with van der Waals surface area (Å²) in [6.45, 7) is -0.105. The number of fused-ring (bicyclic) bond motifs is 5. The van der Waals surface area contributed by atoms with Gasteiger partial charge in [-0.2, -0.15) is 13.2 Å². The number of aliphatic hydroxyl groups excluding tert-OH is 1. The van der Waals surface area contributed by atoms with Crippen LogP contribution in [-0.2, 0) is 17.3 Å². The number of amides is 3. The standard InChI is InChI=1S/C38H31ClF3N5O9/c1-53-26-6-2-4-18-14-28(55-32(18)26)34(49)43-20-7-8-23-19(12-20)13-24(44-23)35(50)47-11-9-22-25(47)15-27(56-37(52)46-10-3-5-21(46)16-48)31-29(22)30(36(51)54-17-39)33(45-31)38(40,41)42/h2,4,6-8,12-15,21,44-45,48H,3,5,9-11,16-17H2,1H3,(H,43,49)/t21-/m0/s1. The Kier molecular flexibility index (Phi) is 9.28.